The molecule has 29 heavy (non-hydrogen) atoms. The number of hydrogen-bond acceptors (Lipinski definition) is 3. The summed E-state index contributed by atoms with van der Waals surface area (Å²) in [5.74, 6) is -1.40. The van der Waals surface area contributed by atoms with Crippen LogP contribution in [0, 0.1) is 5.41 Å². The summed E-state index contributed by atoms with van der Waals surface area (Å²) >= 11 is 0. The fourth-order valence-corrected chi connectivity index (χ4v) is 4.33. The van der Waals surface area contributed by atoms with Crippen molar-refractivity contribution in [2.24, 2.45) is 5.41 Å². The lowest BCUT2D eigenvalue weighted by Gasteiger charge is -2.22. The fraction of sp³-hybridized carbons (Fsp3) is 0.667. The number of amides is 1. The van der Waals surface area contributed by atoms with Crippen LogP contribution in [0.3, 0.4) is 0 Å². The van der Waals surface area contributed by atoms with Crippen LogP contribution in [0.1, 0.15) is 82.3 Å². The molecule has 2 atom stereocenters. The highest BCUT2D eigenvalue weighted by Crippen LogP contribution is 2.39. The number of hydrogen-bond donors (Lipinski definition) is 3. The average Bonchev–Trinajstić information content (AvgIpc) is 3.17. The molecule has 1 saturated carbocycles. The van der Waals surface area contributed by atoms with Gasteiger partial charge in [0.1, 0.15) is 5.41 Å². The molecule has 5 nitrogen and oxygen atoms in total. The predicted octanol–water partition coefficient (Wildman–Crippen LogP) is 4.44. The Balaban J connectivity index is 1.71. The lowest BCUT2D eigenvalue weighted by Crippen LogP contribution is -2.44. The van der Waals surface area contributed by atoms with Crippen molar-refractivity contribution < 1.29 is 14.7 Å². The second kappa shape index (κ2) is 12.0. The van der Waals surface area contributed by atoms with Crippen LogP contribution in [0.4, 0.5) is 0 Å². The Labute approximate surface area is 175 Å². The summed E-state index contributed by atoms with van der Waals surface area (Å²) in [6.07, 6.45) is 11.9. The molecule has 0 aliphatic heterocycles. The van der Waals surface area contributed by atoms with Crippen molar-refractivity contribution in [3.05, 3.63) is 35.4 Å². The van der Waals surface area contributed by atoms with E-state index in [0.717, 1.165) is 6.42 Å². The Bertz CT molecular complexity index is 644. The number of aliphatic carboxylic acids is 1. The highest BCUT2D eigenvalue weighted by Gasteiger charge is 2.51. The van der Waals surface area contributed by atoms with Crippen LogP contribution in [-0.4, -0.2) is 30.1 Å². The first-order chi connectivity index (χ1) is 14.0. The van der Waals surface area contributed by atoms with Gasteiger partial charge < -0.3 is 15.7 Å². The number of carbonyl (C=O) groups is 2. The molecule has 0 aromatic heterocycles. The highest BCUT2D eigenvalue weighted by atomic mass is 16.4. The average molecular weight is 403 g/mol. The molecule has 162 valence electrons. The monoisotopic (exact) mass is 402 g/mol. The summed E-state index contributed by atoms with van der Waals surface area (Å²) in [7, 11) is 1.50. The molecule has 0 radical (unpaired) electrons. The van der Waals surface area contributed by atoms with Crippen molar-refractivity contribution in [1.82, 2.24) is 10.6 Å². The normalized spacial score (nSPS) is 21.2. The van der Waals surface area contributed by atoms with Crippen molar-refractivity contribution in [3.8, 4) is 0 Å². The molecule has 1 aliphatic rings. The largest absolute Gasteiger partial charge is 0.480 e. The van der Waals surface area contributed by atoms with E-state index >= 15 is 0 Å². The van der Waals surface area contributed by atoms with E-state index in [4.69, 9.17) is 0 Å². The molecule has 0 spiro atoms. The smallest absolute Gasteiger partial charge is 0.319 e. The minimum atomic E-state index is -1.28. The highest BCUT2D eigenvalue weighted by molar-refractivity contribution is 6.02. The quantitative estimate of drug-likeness (QED) is 0.337. The first-order valence-electron chi connectivity index (χ1n) is 11.3. The molecule has 1 aromatic rings. The SMILES string of the molecule is CCCCCCCCCc1ccc(CNC2CCC(C(=O)O)(C(=O)NC)C2)cc1. The van der Waals surface area contributed by atoms with Crippen LogP contribution in [0.25, 0.3) is 0 Å². The van der Waals surface area contributed by atoms with Gasteiger partial charge in [0.25, 0.3) is 0 Å². The number of rotatable bonds is 13. The molecule has 0 bridgehead atoms. The van der Waals surface area contributed by atoms with Gasteiger partial charge in [0.15, 0.2) is 0 Å². The molecular weight excluding hydrogens is 364 g/mol. The zero-order chi connectivity index (χ0) is 21.1. The number of carboxylic acids is 1. The topological polar surface area (TPSA) is 78.4 Å². The zero-order valence-electron chi connectivity index (χ0n) is 18.1. The van der Waals surface area contributed by atoms with E-state index in [-0.39, 0.29) is 11.9 Å². The number of unbranched alkanes of at least 4 members (excludes halogenated alkanes) is 6. The maximum atomic E-state index is 12.1. The van der Waals surface area contributed by atoms with Gasteiger partial charge in [-0.3, -0.25) is 9.59 Å². The third kappa shape index (κ3) is 6.84. The van der Waals surface area contributed by atoms with E-state index < -0.39 is 11.4 Å². The number of carboxylic acid groups (broad SMARTS) is 1. The third-order valence-corrected chi connectivity index (χ3v) is 6.27. The minimum Gasteiger partial charge on any atom is -0.480 e. The molecule has 1 fully saturated rings. The summed E-state index contributed by atoms with van der Waals surface area (Å²) in [5.41, 5.74) is 1.29. The number of carbonyl (C=O) groups excluding carboxylic acids is 1. The van der Waals surface area contributed by atoms with Gasteiger partial charge in [0.05, 0.1) is 0 Å². The predicted molar refractivity (Wildman–Crippen MR) is 117 cm³/mol. The van der Waals surface area contributed by atoms with Crippen LogP contribution in [0.5, 0.6) is 0 Å². The Morgan fingerprint density at radius 3 is 2.28 bits per heavy atom. The molecule has 1 aliphatic carbocycles. The zero-order valence-corrected chi connectivity index (χ0v) is 18.1. The van der Waals surface area contributed by atoms with Gasteiger partial charge in [-0.1, -0.05) is 69.7 Å². The van der Waals surface area contributed by atoms with Gasteiger partial charge in [-0.25, -0.2) is 0 Å². The second-order valence-corrected chi connectivity index (χ2v) is 8.47. The Kier molecular flexibility index (Phi) is 9.65. The summed E-state index contributed by atoms with van der Waals surface area (Å²) in [6, 6.07) is 8.77. The Morgan fingerprint density at radius 1 is 1.03 bits per heavy atom. The Hall–Kier alpha value is -1.88. The fourth-order valence-electron chi connectivity index (χ4n) is 4.33. The van der Waals surface area contributed by atoms with E-state index in [1.165, 1.54) is 63.1 Å². The molecule has 3 N–H and O–H groups in total. The van der Waals surface area contributed by atoms with Gasteiger partial charge in [0.2, 0.25) is 5.91 Å². The van der Waals surface area contributed by atoms with Crippen LogP contribution in [-0.2, 0) is 22.6 Å². The lowest BCUT2D eigenvalue weighted by molar-refractivity contribution is -0.155. The van der Waals surface area contributed by atoms with Crippen LogP contribution in [0.15, 0.2) is 24.3 Å². The standard InChI is InChI=1S/C24H38N2O3/c1-3-4-5-6-7-8-9-10-19-11-13-20(14-12-19)18-26-21-15-16-24(17-21,23(28)29)22(27)25-2/h11-14,21,26H,3-10,15-18H2,1-2H3,(H,25,27)(H,28,29). The molecule has 0 saturated heterocycles. The van der Waals surface area contributed by atoms with Gasteiger partial charge in [-0.05, 0) is 43.2 Å². The van der Waals surface area contributed by atoms with Crippen molar-refractivity contribution in [2.45, 2.75) is 90.1 Å². The van der Waals surface area contributed by atoms with E-state index in [1.54, 1.807) is 0 Å². The van der Waals surface area contributed by atoms with E-state index in [0.29, 0.717) is 25.8 Å². The third-order valence-electron chi connectivity index (χ3n) is 6.27. The molecule has 5 heteroatoms. The first kappa shape index (κ1) is 23.4. The molecule has 1 aromatic carbocycles. The summed E-state index contributed by atoms with van der Waals surface area (Å²) in [6.45, 7) is 2.95. The first-order valence-corrected chi connectivity index (χ1v) is 11.3. The second-order valence-electron chi connectivity index (χ2n) is 8.47. The summed E-state index contributed by atoms with van der Waals surface area (Å²) < 4.78 is 0. The van der Waals surface area contributed by atoms with Crippen LogP contribution in [0.2, 0.25) is 0 Å². The molecular formula is C24H38N2O3. The lowest BCUT2D eigenvalue weighted by atomic mass is 9.85. The maximum absolute atomic E-state index is 12.1. The summed E-state index contributed by atoms with van der Waals surface area (Å²) in [5, 5.41) is 15.5. The molecule has 1 amide bonds. The molecule has 2 unspecified atom stereocenters. The molecule has 0 heterocycles. The van der Waals surface area contributed by atoms with Crippen molar-refractivity contribution in [1.29, 1.82) is 0 Å². The van der Waals surface area contributed by atoms with Crippen molar-refractivity contribution in [3.63, 3.8) is 0 Å². The van der Waals surface area contributed by atoms with Crippen LogP contribution >= 0.6 is 0 Å². The van der Waals surface area contributed by atoms with Gasteiger partial charge in [-0.15, -0.1) is 0 Å². The number of benzene rings is 1. The van der Waals surface area contributed by atoms with Crippen LogP contribution < -0.4 is 10.6 Å². The van der Waals surface area contributed by atoms with E-state index in [9.17, 15) is 14.7 Å². The van der Waals surface area contributed by atoms with Gasteiger partial charge in [-0.2, -0.15) is 0 Å². The van der Waals surface area contributed by atoms with Crippen molar-refractivity contribution >= 4 is 11.9 Å². The van der Waals surface area contributed by atoms with E-state index in [1.807, 2.05) is 0 Å². The summed E-state index contributed by atoms with van der Waals surface area (Å²) in [4.78, 5) is 23.8. The minimum absolute atomic E-state index is 0.0517. The van der Waals surface area contributed by atoms with Gasteiger partial charge >= 0.3 is 5.97 Å². The Morgan fingerprint density at radius 2 is 1.66 bits per heavy atom. The molecule has 2 rings (SSSR count). The van der Waals surface area contributed by atoms with Crippen molar-refractivity contribution in [2.75, 3.05) is 7.05 Å². The van der Waals surface area contributed by atoms with E-state index in [2.05, 4.69) is 41.8 Å². The number of nitrogens with one attached hydrogen (secondary N) is 2. The number of aryl methyl sites for hydroxylation is 1. The van der Waals surface area contributed by atoms with Gasteiger partial charge in [0, 0.05) is 19.6 Å². The maximum Gasteiger partial charge on any atom is 0.319 e.